The molecule has 0 aliphatic heterocycles. The van der Waals surface area contributed by atoms with Crippen molar-refractivity contribution >= 4 is 23.1 Å². The third-order valence-corrected chi connectivity index (χ3v) is 4.11. The van der Waals surface area contributed by atoms with Gasteiger partial charge in [0.25, 0.3) is 0 Å². The van der Waals surface area contributed by atoms with E-state index in [2.05, 4.69) is 32.6 Å². The summed E-state index contributed by atoms with van der Waals surface area (Å²) in [4.78, 5) is 0. The first kappa shape index (κ1) is 21.5. The summed E-state index contributed by atoms with van der Waals surface area (Å²) in [5.41, 5.74) is 3.75. The van der Waals surface area contributed by atoms with Crippen LogP contribution >= 0.6 is 0 Å². The minimum atomic E-state index is 0. The van der Waals surface area contributed by atoms with Gasteiger partial charge in [-0.05, 0) is 38.5 Å². The Balaban J connectivity index is 0.00000220. The fourth-order valence-electron chi connectivity index (χ4n) is 3.04. The molecule has 0 fully saturated rings. The monoisotopic (exact) mass is 374 g/mol. The number of hydrogen-bond donors (Lipinski definition) is 0. The Labute approximate surface area is 160 Å². The predicted octanol–water partition coefficient (Wildman–Crippen LogP) is 1.14. The molecular weight excluding hydrogens is 352 g/mol. The molecule has 0 aromatic heterocycles. The maximum absolute atomic E-state index is 5.53. The summed E-state index contributed by atoms with van der Waals surface area (Å²) in [7, 11) is 3.39. The van der Waals surface area contributed by atoms with Crippen molar-refractivity contribution in [2.45, 2.75) is 32.6 Å². The van der Waals surface area contributed by atoms with Crippen LogP contribution in [0.15, 0.2) is 35.9 Å². The average molecular weight is 376 g/mol. The van der Waals surface area contributed by atoms with Crippen molar-refractivity contribution in [2.75, 3.05) is 14.2 Å². The molecule has 0 spiro atoms. The summed E-state index contributed by atoms with van der Waals surface area (Å²) in [6, 6.07) is 6.83. The average Bonchev–Trinajstić information content (AvgIpc) is 2.45. The zero-order valence-electron chi connectivity index (χ0n) is 13.9. The summed E-state index contributed by atoms with van der Waals surface area (Å²) in [5.74, 6) is 2.38. The number of methoxy groups -OCH3 is 2. The first-order valence-electron chi connectivity index (χ1n) is 7.03. The molecule has 2 atom stereocenters. The van der Waals surface area contributed by atoms with Gasteiger partial charge in [-0.15, -0.1) is 12.1 Å². The van der Waals surface area contributed by atoms with Gasteiger partial charge in [0.05, 0.1) is 14.2 Å². The topological polar surface area (TPSA) is 18.5 Å². The summed E-state index contributed by atoms with van der Waals surface area (Å²) >= 11 is 0. The number of halogens is 1. The van der Waals surface area contributed by atoms with E-state index in [0.29, 0.717) is 5.92 Å². The molecule has 4 heteroatoms. The summed E-state index contributed by atoms with van der Waals surface area (Å²) in [5, 5.41) is 0. The van der Waals surface area contributed by atoms with Crippen LogP contribution in [0.25, 0.3) is 0 Å². The van der Waals surface area contributed by atoms with Crippen LogP contribution in [0.3, 0.4) is 0 Å². The summed E-state index contributed by atoms with van der Waals surface area (Å²) in [6.07, 6.45) is 4.61. The second kappa shape index (κ2) is 9.63. The first-order chi connectivity index (χ1) is 9.58. The summed E-state index contributed by atoms with van der Waals surface area (Å²) < 4.78 is 11.1. The second-order valence-corrected chi connectivity index (χ2v) is 5.54. The molecule has 0 radical (unpaired) electrons. The molecule has 0 amide bonds. The second-order valence-electron chi connectivity index (χ2n) is 5.54. The van der Waals surface area contributed by atoms with E-state index in [0.717, 1.165) is 29.9 Å². The van der Waals surface area contributed by atoms with Gasteiger partial charge in [0.1, 0.15) is 0 Å². The van der Waals surface area contributed by atoms with Gasteiger partial charge in [-0.3, -0.25) is 0 Å². The molecule has 1 aliphatic rings. The largest absolute Gasteiger partial charge is 2.00 e. The number of benzene rings is 1. The van der Waals surface area contributed by atoms with Crippen molar-refractivity contribution in [3.63, 3.8) is 0 Å². The molecule has 2 nitrogen and oxygen atoms in total. The molecular formula is C18H23BrMgO2. The van der Waals surface area contributed by atoms with Crippen molar-refractivity contribution < 1.29 is 26.5 Å². The van der Waals surface area contributed by atoms with Crippen LogP contribution in [-0.2, 0) is 0 Å². The fourth-order valence-corrected chi connectivity index (χ4v) is 3.04. The Morgan fingerprint density at radius 3 is 2.23 bits per heavy atom. The Kier molecular flexibility index (Phi) is 9.43. The van der Waals surface area contributed by atoms with Crippen LogP contribution in [0.2, 0.25) is 0 Å². The van der Waals surface area contributed by atoms with Gasteiger partial charge < -0.3 is 26.5 Å². The normalized spacial score (nSPS) is 20.1. The molecule has 0 bridgehead atoms. The van der Waals surface area contributed by atoms with E-state index in [4.69, 9.17) is 9.47 Å². The van der Waals surface area contributed by atoms with E-state index in [9.17, 15) is 0 Å². The van der Waals surface area contributed by atoms with Crippen molar-refractivity contribution in [1.29, 1.82) is 0 Å². The Morgan fingerprint density at radius 1 is 1.23 bits per heavy atom. The van der Waals surface area contributed by atoms with Crippen LogP contribution in [0.1, 0.15) is 38.2 Å². The van der Waals surface area contributed by atoms with Gasteiger partial charge in [0.2, 0.25) is 0 Å². The summed E-state index contributed by atoms with van der Waals surface area (Å²) in [6.45, 7) is 8.47. The minimum absolute atomic E-state index is 0. The minimum Gasteiger partial charge on any atom is -1.00 e. The van der Waals surface area contributed by atoms with Gasteiger partial charge >= 0.3 is 23.1 Å². The number of ether oxygens (including phenoxy) is 2. The maximum atomic E-state index is 5.53. The zero-order valence-corrected chi connectivity index (χ0v) is 16.9. The quantitative estimate of drug-likeness (QED) is 0.446. The van der Waals surface area contributed by atoms with Gasteiger partial charge in [-0.1, -0.05) is 29.4 Å². The Morgan fingerprint density at radius 2 is 1.77 bits per heavy atom. The Hall–Kier alpha value is -0.454. The molecule has 116 valence electrons. The standard InChI is InChI=1S/C18H23O2.BrH.Mg/c1-12(2)14-10-9-13(3)11-15(14)18-16(19-4)7-6-8-17(18)20-5;;/h7-8,11,14-15H,1,9-10H2,2-5H3;1H;/q-1;;+2/p-1/t14-,15+;;/m0../s1. The predicted molar refractivity (Wildman–Crippen MR) is 88.2 cm³/mol. The third kappa shape index (κ3) is 4.52. The molecule has 1 aromatic carbocycles. The van der Waals surface area contributed by atoms with Gasteiger partial charge in [-0.2, -0.15) is 6.07 Å². The molecule has 22 heavy (non-hydrogen) atoms. The molecule has 1 aliphatic carbocycles. The van der Waals surface area contributed by atoms with Crippen LogP contribution in [-0.4, -0.2) is 37.3 Å². The molecule has 0 N–H and O–H groups in total. The van der Waals surface area contributed by atoms with Crippen LogP contribution in [0.5, 0.6) is 11.5 Å². The van der Waals surface area contributed by atoms with Crippen LogP contribution < -0.4 is 26.5 Å². The van der Waals surface area contributed by atoms with Gasteiger partial charge in [0, 0.05) is 11.5 Å². The Bertz CT molecular complexity index is 518. The van der Waals surface area contributed by atoms with E-state index in [-0.39, 0.29) is 46.0 Å². The zero-order chi connectivity index (χ0) is 14.7. The van der Waals surface area contributed by atoms with E-state index in [1.807, 2.05) is 12.1 Å². The number of hydrogen-bond acceptors (Lipinski definition) is 2. The van der Waals surface area contributed by atoms with Crippen molar-refractivity contribution in [2.24, 2.45) is 5.92 Å². The van der Waals surface area contributed by atoms with Crippen molar-refractivity contribution in [1.82, 2.24) is 0 Å². The van der Waals surface area contributed by atoms with E-state index >= 15 is 0 Å². The van der Waals surface area contributed by atoms with Gasteiger partial charge in [0.15, 0.2) is 0 Å². The number of rotatable bonds is 4. The fraction of sp³-hybridized carbons (Fsp3) is 0.444. The third-order valence-electron chi connectivity index (χ3n) is 4.11. The van der Waals surface area contributed by atoms with Gasteiger partial charge in [-0.25, -0.2) is 0 Å². The van der Waals surface area contributed by atoms with Crippen molar-refractivity contribution in [3.05, 3.63) is 47.6 Å². The molecule has 0 saturated carbocycles. The first-order valence-corrected chi connectivity index (χ1v) is 7.03. The molecule has 0 unspecified atom stereocenters. The van der Waals surface area contributed by atoms with Crippen LogP contribution in [0.4, 0.5) is 0 Å². The van der Waals surface area contributed by atoms with Crippen LogP contribution in [0, 0.1) is 12.0 Å². The molecule has 1 aromatic rings. The maximum Gasteiger partial charge on any atom is 2.00 e. The molecule has 0 saturated heterocycles. The number of allylic oxidation sites excluding steroid dienone is 3. The van der Waals surface area contributed by atoms with E-state index < -0.39 is 0 Å². The van der Waals surface area contributed by atoms with Crippen molar-refractivity contribution in [3.8, 4) is 11.5 Å². The van der Waals surface area contributed by atoms with E-state index in [1.165, 1.54) is 11.1 Å². The van der Waals surface area contributed by atoms with E-state index in [1.54, 1.807) is 14.2 Å². The molecule has 0 heterocycles. The SMILES string of the molecule is C=C(C)[C@@H]1CCC(C)=C[C@H]1c1c(OC)c[c-]cc1OC.[Br-].[Mg+2]. The molecule has 2 rings (SSSR count). The smallest absolute Gasteiger partial charge is 1.00 e.